The predicted octanol–water partition coefficient (Wildman–Crippen LogP) is 3.41. The first kappa shape index (κ1) is 44.8. The molecule has 308 valence electrons. The molecule has 2 saturated heterocycles. The average molecular weight is 833 g/mol. The van der Waals surface area contributed by atoms with Gasteiger partial charge in [-0.3, -0.25) is 28.8 Å². The van der Waals surface area contributed by atoms with Crippen LogP contribution in [0.1, 0.15) is 105 Å². The fourth-order valence-corrected chi connectivity index (χ4v) is 9.28. The number of carboxylic acids is 6. The fraction of sp³-hybridized carbons (Fsp3) is 0.550. The van der Waals surface area contributed by atoms with E-state index >= 15 is 0 Å². The second-order valence-corrected chi connectivity index (χ2v) is 15.8. The fourth-order valence-electron chi connectivity index (χ4n) is 9.28. The van der Waals surface area contributed by atoms with Gasteiger partial charge in [0.25, 0.3) is 0 Å². The normalized spacial score (nSPS) is 28.4. The minimum Gasteiger partial charge on any atom is -0.684 e. The summed E-state index contributed by atoms with van der Waals surface area (Å²) in [6.07, 6.45) is 3.76. The number of allylic oxidation sites excluding steroid dienone is 1. The molecule has 0 aromatic carbocycles. The van der Waals surface area contributed by atoms with Crippen molar-refractivity contribution in [2.24, 2.45) is 22.7 Å². The molecule has 7 atom stereocenters. The summed E-state index contributed by atoms with van der Waals surface area (Å²) >= 11 is 0. The summed E-state index contributed by atoms with van der Waals surface area (Å²) in [5.41, 5.74) is 1.30. The molecule has 0 aliphatic carbocycles. The quantitative estimate of drug-likeness (QED) is 0.132. The molecule has 0 spiro atoms. The number of fused-ring (bicyclic) bond motifs is 8. The molecule has 5 rings (SSSR count). The first-order valence-electron chi connectivity index (χ1n) is 18.7. The topological polar surface area (TPSA) is 280 Å². The van der Waals surface area contributed by atoms with Gasteiger partial charge in [-0.05, 0) is 62.2 Å². The van der Waals surface area contributed by atoms with Crippen LogP contribution in [0.3, 0.4) is 0 Å². The van der Waals surface area contributed by atoms with Gasteiger partial charge in [0.15, 0.2) is 0 Å². The monoisotopic (exact) mass is 832 g/mol. The van der Waals surface area contributed by atoms with E-state index in [1.807, 2.05) is 0 Å². The van der Waals surface area contributed by atoms with Crippen LogP contribution in [0, 0.1) is 36.5 Å². The van der Waals surface area contributed by atoms with Crippen LogP contribution in [0.4, 0.5) is 0 Å². The number of aromatic nitrogens is 2. The van der Waals surface area contributed by atoms with Crippen LogP contribution in [0.5, 0.6) is 0 Å². The van der Waals surface area contributed by atoms with Gasteiger partial charge >= 0.3 is 52.9 Å². The van der Waals surface area contributed by atoms with Crippen molar-refractivity contribution in [2.75, 3.05) is 0 Å². The van der Waals surface area contributed by atoms with Gasteiger partial charge in [0.1, 0.15) is 0 Å². The molecule has 2 aromatic rings. The van der Waals surface area contributed by atoms with Crippen LogP contribution in [-0.4, -0.2) is 84.6 Å². The average Bonchev–Trinajstić information content (AvgIpc) is 3.70. The van der Waals surface area contributed by atoms with Crippen molar-refractivity contribution in [1.29, 1.82) is 0 Å². The van der Waals surface area contributed by atoms with Gasteiger partial charge in [0.05, 0.1) is 6.42 Å². The van der Waals surface area contributed by atoms with Crippen molar-refractivity contribution in [3.63, 3.8) is 0 Å². The van der Waals surface area contributed by atoms with Gasteiger partial charge in [0.2, 0.25) is 0 Å². The summed E-state index contributed by atoms with van der Waals surface area (Å²) in [5.74, 6) is -7.73. The number of carboxylic acid groups (broad SMARTS) is 6. The molecule has 0 saturated carbocycles. The molecule has 16 nitrogen and oxygen atoms in total. The van der Waals surface area contributed by atoms with E-state index in [0.29, 0.717) is 50.0 Å². The zero-order chi connectivity index (χ0) is 41.3. The van der Waals surface area contributed by atoms with Gasteiger partial charge in [-0.2, -0.15) is 5.70 Å². The Morgan fingerprint density at radius 2 is 1.23 bits per heavy atom. The third-order valence-corrected chi connectivity index (χ3v) is 12.2. The summed E-state index contributed by atoms with van der Waals surface area (Å²) in [6, 6.07) is -2.18. The molecule has 3 unspecified atom stereocenters. The van der Waals surface area contributed by atoms with E-state index in [0.717, 1.165) is 0 Å². The summed E-state index contributed by atoms with van der Waals surface area (Å²) in [7, 11) is 0. The van der Waals surface area contributed by atoms with Gasteiger partial charge in [0, 0.05) is 32.1 Å². The van der Waals surface area contributed by atoms with Gasteiger partial charge in [-0.25, -0.2) is 0 Å². The maximum absolute atomic E-state index is 12.5. The molecule has 8 bridgehead atoms. The Hall–Kier alpha value is -4.86. The van der Waals surface area contributed by atoms with Crippen molar-refractivity contribution in [3.8, 4) is 0 Å². The van der Waals surface area contributed by atoms with Crippen LogP contribution in [-0.2, 0) is 58.7 Å². The first-order chi connectivity index (χ1) is 26.2. The molecular formula is C40H48FeN4O12. The minimum absolute atomic E-state index is 0. The number of aliphatic carboxylic acids is 6. The second-order valence-electron chi connectivity index (χ2n) is 15.8. The Labute approximate surface area is 339 Å². The van der Waals surface area contributed by atoms with E-state index in [1.54, 1.807) is 45.9 Å². The number of hydrogen-bond acceptors (Lipinski definition) is 6. The van der Waals surface area contributed by atoms with E-state index in [-0.39, 0.29) is 81.3 Å². The summed E-state index contributed by atoms with van der Waals surface area (Å²) < 4.78 is 0. The first-order valence-corrected chi connectivity index (χ1v) is 18.7. The molecular weight excluding hydrogens is 784 g/mol. The summed E-state index contributed by atoms with van der Waals surface area (Å²) in [4.78, 5) is 82.2. The Balaban J connectivity index is 0.00000720. The van der Waals surface area contributed by atoms with E-state index in [9.17, 15) is 59.4 Å². The van der Waals surface area contributed by atoms with Crippen LogP contribution in [0.2, 0.25) is 0 Å². The smallest absolute Gasteiger partial charge is 0.684 e. The third-order valence-electron chi connectivity index (χ3n) is 12.2. The molecule has 57 heavy (non-hydrogen) atoms. The molecule has 2 fully saturated rings. The summed E-state index contributed by atoms with van der Waals surface area (Å²) in [5, 5.41) is 70.3. The number of nitrogens with zero attached hydrogens (tertiary/aromatic N) is 4. The van der Waals surface area contributed by atoms with Crippen molar-refractivity contribution < 1.29 is 76.5 Å². The molecule has 0 radical (unpaired) electrons. The molecule has 17 heteroatoms. The van der Waals surface area contributed by atoms with E-state index < -0.39 is 83.0 Å². The van der Waals surface area contributed by atoms with Crippen LogP contribution >= 0.6 is 0 Å². The summed E-state index contributed by atoms with van der Waals surface area (Å²) in [6.45, 7) is 7.04. The van der Waals surface area contributed by atoms with Crippen molar-refractivity contribution in [2.45, 2.75) is 116 Å². The third kappa shape index (κ3) is 9.65. The largest absolute Gasteiger partial charge is 4.00 e. The molecule has 3 aliphatic rings. The van der Waals surface area contributed by atoms with Crippen molar-refractivity contribution in [3.05, 3.63) is 60.7 Å². The number of hydrogen-bond donors (Lipinski definition) is 6. The van der Waals surface area contributed by atoms with Crippen LogP contribution < -0.4 is 20.7 Å². The van der Waals surface area contributed by atoms with E-state index in [4.69, 9.17) is 20.6 Å². The van der Waals surface area contributed by atoms with Crippen LogP contribution in [0.25, 0.3) is 28.9 Å². The number of rotatable bonds is 16. The molecule has 6 N–H and O–H groups in total. The Kier molecular flexibility index (Phi) is 14.0. The Bertz CT molecular complexity index is 2090. The minimum atomic E-state index is -1.21. The van der Waals surface area contributed by atoms with Crippen molar-refractivity contribution >= 4 is 54.0 Å². The standard InChI is InChI=1S/C40H48N4O12.Fe/c1-19-21(5-9-33(45)46)27-14-28-22(6-10-34(47)48)20(2)26(42-28)15-31-40(4,18-38(55)56)24(8-12-36(51)52)30(44-31)16-32-39(3,17-37(53)54)23(7-11-35(49)50)29(43-32)13-25(19)41-27;/h13-15,23-24,29-30,32H,5-12,16-18H2,1-4H3,(H,45,46)(H,47,48)(H,49,50)(H,51,52)(H,53,54)(H,55,56);/q-4;+4/b25-13-,27-14-,31-15-;/t23-,24-,29?,30?,32?,39-,40-;/m0./s1. The maximum atomic E-state index is 12.5. The Morgan fingerprint density at radius 3 is 1.79 bits per heavy atom. The SMILES string of the molecule is Cc1c2[n-]c(c1CCC(=O)O)/C=c1\[n-]/c(c(C)c1CCC(=O)O)=C\C1[N-]C(CC3[N-]/C(=C\2)[C@@](C)(CC(=O)O)[C@H]3CCC(=O)O)[C@@](C)(CC(=O)O)[C@H]1CCC(=O)O.[Fe+4]. The van der Waals surface area contributed by atoms with Gasteiger partial charge in [-0.1, -0.05) is 54.7 Å². The van der Waals surface area contributed by atoms with Gasteiger partial charge < -0.3 is 51.2 Å². The molecule has 3 aliphatic heterocycles. The Morgan fingerprint density at radius 1 is 0.667 bits per heavy atom. The van der Waals surface area contributed by atoms with Gasteiger partial charge in [-0.15, -0.1) is 46.3 Å². The molecule has 0 amide bonds. The molecule has 5 heterocycles. The molecule has 2 aromatic heterocycles. The second kappa shape index (κ2) is 17.7. The number of carbonyl (C=O) groups is 6. The zero-order valence-electron chi connectivity index (χ0n) is 32.2. The van der Waals surface area contributed by atoms with E-state index in [1.165, 1.54) is 0 Å². The van der Waals surface area contributed by atoms with Crippen LogP contribution in [0.15, 0.2) is 5.70 Å². The zero-order valence-corrected chi connectivity index (χ0v) is 33.3. The van der Waals surface area contributed by atoms with E-state index in [2.05, 4.69) is 0 Å². The maximum Gasteiger partial charge on any atom is 4.00 e. The van der Waals surface area contributed by atoms with Crippen molar-refractivity contribution in [1.82, 2.24) is 9.97 Å². The predicted molar refractivity (Wildman–Crippen MR) is 200 cm³/mol.